The Kier molecular flexibility index (Phi) is 4.82. The van der Waals surface area contributed by atoms with Crippen molar-refractivity contribution in [3.05, 3.63) is 71.8 Å². The maximum Gasteiger partial charge on any atom is 0.182 e. The van der Waals surface area contributed by atoms with Gasteiger partial charge in [-0.25, -0.2) is 0 Å². The van der Waals surface area contributed by atoms with Crippen LogP contribution in [0.25, 0.3) is 12.2 Å². The number of phenolic OH excluding ortho intramolecular Hbond substituents is 2. The third kappa shape index (κ3) is 4.42. The minimum Gasteiger partial charge on any atom is -0.508 e. The summed E-state index contributed by atoms with van der Waals surface area (Å²) in [5.41, 5.74) is 1.36. The number of H-pyrrole nitrogens is 1. The van der Waals surface area contributed by atoms with Crippen LogP contribution in [0.4, 0.5) is 0 Å². The average molecular weight is 297 g/mol. The second-order valence-electron chi connectivity index (χ2n) is 4.51. The second kappa shape index (κ2) is 6.99. The standard InChI is InChI=1S/C17H15NO4/c19-14(6-3-12-4-8-16(21)17(22)10-12)11-15(20)7-5-13-2-1-9-18-13/h1-11,18-19,21-22H/b6-3+,7-5+,14-11?. The number of carbonyl (C=O) groups is 1. The molecule has 1 aromatic heterocycles. The zero-order valence-electron chi connectivity index (χ0n) is 11.6. The van der Waals surface area contributed by atoms with Crippen molar-refractivity contribution in [2.45, 2.75) is 0 Å². The van der Waals surface area contributed by atoms with Gasteiger partial charge in [0.1, 0.15) is 5.76 Å². The number of aliphatic hydroxyl groups excluding tert-OH is 1. The SMILES string of the molecule is O=C(C=C(O)/C=C/c1ccc(O)c(O)c1)/C=C/c1ccc[nH]1. The maximum absolute atomic E-state index is 11.6. The highest BCUT2D eigenvalue weighted by molar-refractivity contribution is 6.02. The average Bonchev–Trinajstić information content (AvgIpc) is 3.00. The van der Waals surface area contributed by atoms with Crippen LogP contribution in [0.5, 0.6) is 11.5 Å². The first kappa shape index (κ1) is 15.2. The van der Waals surface area contributed by atoms with Gasteiger partial charge in [-0.3, -0.25) is 4.79 Å². The van der Waals surface area contributed by atoms with E-state index in [0.29, 0.717) is 5.56 Å². The summed E-state index contributed by atoms with van der Waals surface area (Å²) < 4.78 is 0. The lowest BCUT2D eigenvalue weighted by Gasteiger charge is -1.98. The van der Waals surface area contributed by atoms with Gasteiger partial charge in [0.05, 0.1) is 0 Å². The number of aromatic amines is 1. The summed E-state index contributed by atoms with van der Waals surface area (Å²) in [5, 5.41) is 28.2. The van der Waals surface area contributed by atoms with Gasteiger partial charge in [0.15, 0.2) is 17.3 Å². The van der Waals surface area contributed by atoms with Crippen LogP contribution in [0.2, 0.25) is 0 Å². The van der Waals surface area contributed by atoms with Gasteiger partial charge in [-0.05, 0) is 48.1 Å². The number of hydrogen-bond acceptors (Lipinski definition) is 4. The summed E-state index contributed by atoms with van der Waals surface area (Å²) in [4.78, 5) is 14.5. The Morgan fingerprint density at radius 1 is 1.05 bits per heavy atom. The van der Waals surface area contributed by atoms with Gasteiger partial charge >= 0.3 is 0 Å². The first-order chi connectivity index (χ1) is 10.5. The Hall–Kier alpha value is -3.21. The lowest BCUT2D eigenvalue weighted by atomic mass is 10.1. The predicted molar refractivity (Wildman–Crippen MR) is 84.4 cm³/mol. The summed E-state index contributed by atoms with van der Waals surface area (Å²) in [5.74, 6) is -1.05. The number of allylic oxidation sites excluding steroid dienone is 3. The molecule has 22 heavy (non-hydrogen) atoms. The van der Waals surface area contributed by atoms with E-state index in [0.717, 1.165) is 11.8 Å². The molecule has 0 aliphatic rings. The molecule has 1 aromatic carbocycles. The zero-order valence-corrected chi connectivity index (χ0v) is 11.6. The Balaban J connectivity index is 2.00. The van der Waals surface area contributed by atoms with Gasteiger partial charge in [0, 0.05) is 18.0 Å². The number of aliphatic hydroxyl groups is 1. The molecular formula is C17H15NO4. The van der Waals surface area contributed by atoms with Gasteiger partial charge in [0.25, 0.3) is 0 Å². The number of rotatable bonds is 5. The second-order valence-corrected chi connectivity index (χ2v) is 4.51. The molecular weight excluding hydrogens is 282 g/mol. The van der Waals surface area contributed by atoms with Crippen molar-refractivity contribution in [2.24, 2.45) is 0 Å². The predicted octanol–water partition coefficient (Wildman–Crippen LogP) is 3.16. The van der Waals surface area contributed by atoms with E-state index < -0.39 is 0 Å². The Labute approximate surface area is 127 Å². The summed E-state index contributed by atoms with van der Waals surface area (Å²) in [7, 11) is 0. The topological polar surface area (TPSA) is 93.6 Å². The molecule has 0 fully saturated rings. The fourth-order valence-electron chi connectivity index (χ4n) is 1.69. The molecule has 4 N–H and O–H groups in total. The highest BCUT2D eigenvalue weighted by Gasteiger charge is 1.98. The molecule has 0 amide bonds. The van der Waals surface area contributed by atoms with Crippen molar-refractivity contribution in [2.75, 3.05) is 0 Å². The number of aromatic nitrogens is 1. The number of ketones is 1. The summed E-state index contributed by atoms with van der Waals surface area (Å²) in [6.07, 6.45) is 8.60. The van der Waals surface area contributed by atoms with Crippen LogP contribution >= 0.6 is 0 Å². The molecule has 0 spiro atoms. The highest BCUT2D eigenvalue weighted by Crippen LogP contribution is 2.25. The quantitative estimate of drug-likeness (QED) is 0.295. The lowest BCUT2D eigenvalue weighted by molar-refractivity contribution is -0.110. The summed E-state index contributed by atoms with van der Waals surface area (Å²) >= 11 is 0. The van der Waals surface area contributed by atoms with Crippen molar-refractivity contribution in [1.29, 1.82) is 0 Å². The van der Waals surface area contributed by atoms with E-state index in [1.54, 1.807) is 18.3 Å². The Morgan fingerprint density at radius 2 is 1.86 bits per heavy atom. The lowest BCUT2D eigenvalue weighted by Crippen LogP contribution is -1.88. The van der Waals surface area contributed by atoms with Gasteiger partial charge in [-0.2, -0.15) is 0 Å². The molecule has 5 nitrogen and oxygen atoms in total. The summed E-state index contributed by atoms with van der Waals surface area (Å²) in [6, 6.07) is 7.86. The van der Waals surface area contributed by atoms with Crippen molar-refractivity contribution < 1.29 is 20.1 Å². The maximum atomic E-state index is 11.6. The molecule has 0 unspecified atom stereocenters. The zero-order chi connectivity index (χ0) is 15.9. The van der Waals surface area contributed by atoms with E-state index in [4.69, 9.17) is 0 Å². The first-order valence-electron chi connectivity index (χ1n) is 6.51. The molecule has 0 saturated heterocycles. The van der Waals surface area contributed by atoms with E-state index in [9.17, 15) is 20.1 Å². The van der Waals surface area contributed by atoms with Crippen molar-refractivity contribution >= 4 is 17.9 Å². The molecule has 0 radical (unpaired) electrons. The fourth-order valence-corrected chi connectivity index (χ4v) is 1.69. The Morgan fingerprint density at radius 3 is 2.55 bits per heavy atom. The summed E-state index contributed by atoms with van der Waals surface area (Å²) in [6.45, 7) is 0. The fraction of sp³-hybridized carbons (Fsp3) is 0. The number of aromatic hydroxyl groups is 2. The third-order valence-electron chi connectivity index (χ3n) is 2.79. The molecule has 0 bridgehead atoms. The molecule has 0 saturated carbocycles. The van der Waals surface area contributed by atoms with Crippen molar-refractivity contribution in [1.82, 2.24) is 4.98 Å². The third-order valence-corrected chi connectivity index (χ3v) is 2.79. The normalized spacial score (nSPS) is 12.3. The van der Waals surface area contributed by atoms with Gasteiger partial charge in [-0.1, -0.05) is 12.1 Å². The number of carbonyl (C=O) groups excluding carboxylic acids is 1. The van der Waals surface area contributed by atoms with E-state index in [2.05, 4.69) is 4.98 Å². The Bertz CT molecular complexity index is 740. The molecule has 1 heterocycles. The monoisotopic (exact) mass is 297 g/mol. The largest absolute Gasteiger partial charge is 0.508 e. The van der Waals surface area contributed by atoms with Crippen LogP contribution in [-0.4, -0.2) is 26.1 Å². The minimum absolute atomic E-state index is 0.214. The first-order valence-corrected chi connectivity index (χ1v) is 6.51. The minimum atomic E-state index is -0.356. The van der Waals surface area contributed by atoms with Crippen LogP contribution in [0.1, 0.15) is 11.3 Å². The van der Waals surface area contributed by atoms with Gasteiger partial charge in [0.2, 0.25) is 0 Å². The van der Waals surface area contributed by atoms with Crippen molar-refractivity contribution in [3.63, 3.8) is 0 Å². The van der Waals surface area contributed by atoms with Crippen LogP contribution in [0.3, 0.4) is 0 Å². The number of phenols is 2. The molecule has 0 aliphatic heterocycles. The van der Waals surface area contributed by atoms with E-state index >= 15 is 0 Å². The number of hydrogen-bond donors (Lipinski definition) is 4. The highest BCUT2D eigenvalue weighted by atomic mass is 16.3. The number of nitrogens with one attached hydrogen (secondary N) is 1. The molecule has 0 aliphatic carbocycles. The van der Waals surface area contributed by atoms with Crippen LogP contribution < -0.4 is 0 Å². The molecule has 5 heteroatoms. The van der Waals surface area contributed by atoms with Gasteiger partial charge in [-0.15, -0.1) is 0 Å². The van der Waals surface area contributed by atoms with Crippen LogP contribution in [-0.2, 0) is 4.79 Å². The molecule has 112 valence electrons. The molecule has 0 atom stereocenters. The smallest absolute Gasteiger partial charge is 0.182 e. The number of benzene rings is 1. The molecule has 2 aromatic rings. The molecule has 2 rings (SSSR count). The van der Waals surface area contributed by atoms with Crippen LogP contribution in [0, 0.1) is 0 Å². The van der Waals surface area contributed by atoms with Gasteiger partial charge < -0.3 is 20.3 Å². The van der Waals surface area contributed by atoms with E-state index in [-0.39, 0.29) is 23.0 Å². The van der Waals surface area contributed by atoms with E-state index in [1.165, 1.54) is 30.4 Å². The van der Waals surface area contributed by atoms with Crippen LogP contribution in [0.15, 0.2) is 60.5 Å². The van der Waals surface area contributed by atoms with E-state index in [1.807, 2.05) is 12.1 Å². The van der Waals surface area contributed by atoms with Crippen molar-refractivity contribution in [3.8, 4) is 11.5 Å².